The van der Waals surface area contributed by atoms with Gasteiger partial charge in [-0.1, -0.05) is 12.1 Å². The van der Waals surface area contributed by atoms with Crippen LogP contribution in [0.2, 0.25) is 0 Å². The molecular formula is C14H17FN2O2. The van der Waals surface area contributed by atoms with Crippen LogP contribution in [0.3, 0.4) is 0 Å². The zero-order valence-electron chi connectivity index (χ0n) is 11.0. The van der Waals surface area contributed by atoms with Crippen molar-refractivity contribution in [2.45, 2.75) is 26.0 Å². The molecule has 2 atom stereocenters. The first kappa shape index (κ1) is 13.5. The fraction of sp³-hybridized carbons (Fsp3) is 0.429. The number of nitrogens with zero attached hydrogens (tertiary/aromatic N) is 2. The minimum atomic E-state index is -0.578. The number of carbonyl (C=O) groups is 1. The Morgan fingerprint density at radius 3 is 2.53 bits per heavy atom. The number of amides is 1. The molecule has 2 unspecified atom stereocenters. The first-order valence-electron chi connectivity index (χ1n) is 6.38. The SMILES string of the molecule is CCN(CC)C(=O)C1N=COC1c1ccc(F)cc1. The van der Waals surface area contributed by atoms with Crippen molar-refractivity contribution in [3.05, 3.63) is 35.6 Å². The van der Waals surface area contributed by atoms with Gasteiger partial charge in [0.15, 0.2) is 18.5 Å². The van der Waals surface area contributed by atoms with E-state index in [4.69, 9.17) is 4.74 Å². The number of likely N-dealkylation sites (N-methyl/N-ethyl adjacent to an activating group) is 1. The lowest BCUT2D eigenvalue weighted by Gasteiger charge is -2.24. The molecule has 4 nitrogen and oxygen atoms in total. The van der Waals surface area contributed by atoms with Gasteiger partial charge >= 0.3 is 0 Å². The summed E-state index contributed by atoms with van der Waals surface area (Å²) in [4.78, 5) is 18.1. The summed E-state index contributed by atoms with van der Waals surface area (Å²) in [5, 5.41) is 0. The van der Waals surface area contributed by atoms with E-state index in [9.17, 15) is 9.18 Å². The quantitative estimate of drug-likeness (QED) is 0.836. The minimum absolute atomic E-state index is 0.0620. The summed E-state index contributed by atoms with van der Waals surface area (Å²) in [6.07, 6.45) is 0.841. The second-order valence-electron chi connectivity index (χ2n) is 4.32. The molecule has 0 saturated heterocycles. The fourth-order valence-electron chi connectivity index (χ4n) is 2.15. The highest BCUT2D eigenvalue weighted by Crippen LogP contribution is 2.28. The standard InChI is InChI=1S/C14H17FN2O2/c1-3-17(4-2)14(18)12-13(19-9-16-12)10-5-7-11(15)8-6-10/h5-9,12-13H,3-4H2,1-2H3. The maximum Gasteiger partial charge on any atom is 0.251 e. The van der Waals surface area contributed by atoms with E-state index in [1.165, 1.54) is 18.5 Å². The van der Waals surface area contributed by atoms with Crippen LogP contribution in [0.15, 0.2) is 29.3 Å². The number of hydrogen-bond acceptors (Lipinski definition) is 3. The van der Waals surface area contributed by atoms with Crippen LogP contribution in [0.5, 0.6) is 0 Å². The largest absolute Gasteiger partial charge is 0.473 e. The lowest BCUT2D eigenvalue weighted by atomic mass is 10.0. The molecule has 0 spiro atoms. The van der Waals surface area contributed by atoms with Crippen molar-refractivity contribution in [1.29, 1.82) is 0 Å². The van der Waals surface area contributed by atoms with Crippen molar-refractivity contribution >= 4 is 12.3 Å². The highest BCUT2D eigenvalue weighted by Gasteiger charge is 2.35. The molecule has 1 heterocycles. The predicted octanol–water partition coefficient (Wildman–Crippen LogP) is 2.16. The molecule has 0 N–H and O–H groups in total. The Balaban J connectivity index is 2.18. The van der Waals surface area contributed by atoms with Gasteiger partial charge in [-0.05, 0) is 31.5 Å². The van der Waals surface area contributed by atoms with Gasteiger partial charge in [0.1, 0.15) is 5.82 Å². The Kier molecular flexibility index (Phi) is 4.14. The van der Waals surface area contributed by atoms with Crippen molar-refractivity contribution in [2.75, 3.05) is 13.1 Å². The number of carbonyl (C=O) groups excluding carboxylic acids is 1. The summed E-state index contributed by atoms with van der Waals surface area (Å²) >= 11 is 0. The molecule has 2 rings (SSSR count). The van der Waals surface area contributed by atoms with Gasteiger partial charge in [-0.15, -0.1) is 0 Å². The molecule has 19 heavy (non-hydrogen) atoms. The third kappa shape index (κ3) is 2.75. The number of benzene rings is 1. The zero-order valence-corrected chi connectivity index (χ0v) is 11.0. The van der Waals surface area contributed by atoms with Crippen LogP contribution < -0.4 is 0 Å². The van der Waals surface area contributed by atoms with E-state index in [0.717, 1.165) is 5.56 Å². The fourth-order valence-corrected chi connectivity index (χ4v) is 2.15. The molecule has 1 aliphatic rings. The Morgan fingerprint density at radius 2 is 1.95 bits per heavy atom. The van der Waals surface area contributed by atoms with Crippen LogP contribution >= 0.6 is 0 Å². The van der Waals surface area contributed by atoms with Crippen molar-refractivity contribution in [2.24, 2.45) is 4.99 Å². The third-order valence-electron chi connectivity index (χ3n) is 3.24. The average molecular weight is 264 g/mol. The van der Waals surface area contributed by atoms with E-state index >= 15 is 0 Å². The van der Waals surface area contributed by atoms with E-state index in [0.29, 0.717) is 13.1 Å². The highest BCUT2D eigenvalue weighted by atomic mass is 19.1. The topological polar surface area (TPSA) is 41.9 Å². The molecule has 0 bridgehead atoms. The molecule has 0 radical (unpaired) electrons. The lowest BCUT2D eigenvalue weighted by Crippen LogP contribution is -2.39. The first-order chi connectivity index (χ1) is 9.17. The zero-order chi connectivity index (χ0) is 13.8. The van der Waals surface area contributed by atoms with Gasteiger partial charge in [0, 0.05) is 13.1 Å². The van der Waals surface area contributed by atoms with Gasteiger partial charge < -0.3 is 9.64 Å². The summed E-state index contributed by atoms with van der Waals surface area (Å²) < 4.78 is 18.3. The number of rotatable bonds is 4. The molecule has 1 aromatic carbocycles. The summed E-state index contributed by atoms with van der Waals surface area (Å²) in [5.41, 5.74) is 0.754. The number of hydrogen-bond donors (Lipinski definition) is 0. The van der Waals surface area contributed by atoms with E-state index < -0.39 is 12.1 Å². The van der Waals surface area contributed by atoms with E-state index in [2.05, 4.69) is 4.99 Å². The molecule has 102 valence electrons. The average Bonchev–Trinajstić information content (AvgIpc) is 2.90. The lowest BCUT2D eigenvalue weighted by molar-refractivity contribution is -0.133. The number of halogens is 1. The second-order valence-corrected chi connectivity index (χ2v) is 4.32. The van der Waals surface area contributed by atoms with E-state index in [1.807, 2.05) is 13.8 Å². The number of ether oxygens (including phenoxy) is 1. The maximum absolute atomic E-state index is 12.9. The molecule has 0 fully saturated rings. The van der Waals surface area contributed by atoms with Crippen molar-refractivity contribution < 1.29 is 13.9 Å². The van der Waals surface area contributed by atoms with Crippen molar-refractivity contribution in [3.8, 4) is 0 Å². The molecule has 0 saturated carbocycles. The van der Waals surface area contributed by atoms with Crippen molar-refractivity contribution in [3.63, 3.8) is 0 Å². The van der Waals surface area contributed by atoms with E-state index in [1.54, 1.807) is 17.0 Å². The molecular weight excluding hydrogens is 247 g/mol. The molecule has 1 aliphatic heterocycles. The van der Waals surface area contributed by atoms with Crippen LogP contribution in [0.4, 0.5) is 4.39 Å². The predicted molar refractivity (Wildman–Crippen MR) is 70.4 cm³/mol. The van der Waals surface area contributed by atoms with Gasteiger partial charge in [-0.2, -0.15) is 0 Å². The molecule has 1 amide bonds. The Labute approximate surface area is 111 Å². The normalized spacial score (nSPS) is 21.2. The molecule has 5 heteroatoms. The number of aliphatic imine (C=N–C) groups is 1. The second kappa shape index (κ2) is 5.82. The first-order valence-corrected chi connectivity index (χ1v) is 6.38. The third-order valence-corrected chi connectivity index (χ3v) is 3.24. The summed E-state index contributed by atoms with van der Waals surface area (Å²) in [7, 11) is 0. The van der Waals surface area contributed by atoms with Gasteiger partial charge in [0.2, 0.25) is 0 Å². The van der Waals surface area contributed by atoms with Crippen LogP contribution in [0.1, 0.15) is 25.5 Å². The minimum Gasteiger partial charge on any atom is -0.473 e. The maximum atomic E-state index is 12.9. The van der Waals surface area contributed by atoms with Gasteiger partial charge in [0.25, 0.3) is 5.91 Å². The summed E-state index contributed by atoms with van der Waals surface area (Å²) in [5.74, 6) is -0.373. The van der Waals surface area contributed by atoms with Gasteiger partial charge in [-0.3, -0.25) is 4.79 Å². The Morgan fingerprint density at radius 1 is 1.32 bits per heavy atom. The monoisotopic (exact) mass is 264 g/mol. The van der Waals surface area contributed by atoms with Gasteiger partial charge in [-0.25, -0.2) is 9.38 Å². The molecule has 0 aromatic heterocycles. The van der Waals surface area contributed by atoms with Crippen LogP contribution in [-0.2, 0) is 9.53 Å². The van der Waals surface area contributed by atoms with Crippen LogP contribution in [0, 0.1) is 5.82 Å². The van der Waals surface area contributed by atoms with Crippen molar-refractivity contribution in [1.82, 2.24) is 4.90 Å². The Hall–Kier alpha value is -1.91. The van der Waals surface area contributed by atoms with Crippen LogP contribution in [-0.4, -0.2) is 36.3 Å². The Bertz CT molecular complexity index is 469. The summed E-state index contributed by atoms with van der Waals surface area (Å²) in [6.45, 7) is 5.12. The van der Waals surface area contributed by atoms with Crippen LogP contribution in [0.25, 0.3) is 0 Å². The van der Waals surface area contributed by atoms with Gasteiger partial charge in [0.05, 0.1) is 0 Å². The van der Waals surface area contributed by atoms with E-state index in [-0.39, 0.29) is 11.7 Å². The smallest absolute Gasteiger partial charge is 0.251 e. The summed E-state index contributed by atoms with van der Waals surface area (Å²) in [6, 6.07) is 5.38. The molecule has 0 aliphatic carbocycles. The molecule has 1 aromatic rings. The highest BCUT2D eigenvalue weighted by molar-refractivity contribution is 5.85.